The Balaban J connectivity index is 1.76. The summed E-state index contributed by atoms with van der Waals surface area (Å²) in [5.74, 6) is 0.246. The van der Waals surface area contributed by atoms with Crippen molar-refractivity contribution in [1.29, 1.82) is 0 Å². The number of carbonyl (C=O) groups is 1. The summed E-state index contributed by atoms with van der Waals surface area (Å²) in [6.07, 6.45) is 4.75. The van der Waals surface area contributed by atoms with Gasteiger partial charge in [0.25, 0.3) is 0 Å². The molecule has 1 saturated heterocycles. The zero-order valence-corrected chi connectivity index (χ0v) is 14.5. The van der Waals surface area contributed by atoms with Gasteiger partial charge in [-0.25, -0.2) is 0 Å². The maximum Gasteiger partial charge on any atom is 0.167 e. The van der Waals surface area contributed by atoms with Crippen molar-refractivity contribution in [1.82, 2.24) is 9.88 Å². The number of Topliss-reactive ketones (excluding diaryl/α,β-unsaturated/α-hetero) is 1. The molecule has 3 nitrogen and oxygen atoms in total. The second kappa shape index (κ2) is 6.77. The average molecular weight is 326 g/mol. The Bertz CT molecular complexity index is 689. The molecule has 0 radical (unpaired) electrons. The molecule has 1 aliphatic rings. The number of thiophene rings is 1. The zero-order chi connectivity index (χ0) is 16.3. The van der Waals surface area contributed by atoms with Crippen molar-refractivity contribution < 1.29 is 4.79 Å². The SMILES string of the molecule is CC1(C)CN(CCc2cccs2)C/C(=C\c2ccccn2)C1=O. The maximum absolute atomic E-state index is 12.7. The monoisotopic (exact) mass is 326 g/mol. The largest absolute Gasteiger partial charge is 0.298 e. The number of rotatable bonds is 4. The highest BCUT2D eigenvalue weighted by Crippen LogP contribution is 2.29. The molecule has 2 aromatic heterocycles. The Morgan fingerprint density at radius 1 is 1.30 bits per heavy atom. The highest BCUT2D eigenvalue weighted by atomic mass is 32.1. The Labute approximate surface area is 141 Å². The first kappa shape index (κ1) is 16.1. The van der Waals surface area contributed by atoms with E-state index in [1.165, 1.54) is 4.88 Å². The van der Waals surface area contributed by atoms with Crippen molar-refractivity contribution in [3.8, 4) is 0 Å². The molecule has 4 heteroatoms. The Kier molecular flexibility index (Phi) is 4.74. The first-order valence-electron chi connectivity index (χ1n) is 7.96. The smallest absolute Gasteiger partial charge is 0.167 e. The summed E-state index contributed by atoms with van der Waals surface area (Å²) in [4.78, 5) is 20.8. The molecule has 0 N–H and O–H groups in total. The third-order valence-corrected chi connectivity index (χ3v) is 5.12. The first-order valence-corrected chi connectivity index (χ1v) is 8.84. The van der Waals surface area contributed by atoms with Crippen LogP contribution in [-0.4, -0.2) is 35.3 Å². The normalized spacial score (nSPS) is 20.1. The molecule has 3 rings (SSSR count). The van der Waals surface area contributed by atoms with Crippen molar-refractivity contribution in [2.24, 2.45) is 5.41 Å². The lowest BCUT2D eigenvalue weighted by Gasteiger charge is -2.38. The number of carbonyl (C=O) groups excluding carboxylic acids is 1. The van der Waals surface area contributed by atoms with Gasteiger partial charge in [-0.1, -0.05) is 26.0 Å². The molecule has 120 valence electrons. The third-order valence-electron chi connectivity index (χ3n) is 4.18. The van der Waals surface area contributed by atoms with Crippen LogP contribution in [0.1, 0.15) is 24.4 Å². The van der Waals surface area contributed by atoms with Crippen LogP contribution in [-0.2, 0) is 11.2 Å². The lowest BCUT2D eigenvalue weighted by atomic mass is 9.79. The number of pyridine rings is 1. The Hall–Kier alpha value is -1.78. The van der Waals surface area contributed by atoms with Gasteiger partial charge in [0, 0.05) is 41.7 Å². The van der Waals surface area contributed by atoms with Crippen LogP contribution >= 0.6 is 11.3 Å². The van der Waals surface area contributed by atoms with Crippen LogP contribution in [0.2, 0.25) is 0 Å². The molecule has 2 aromatic rings. The van der Waals surface area contributed by atoms with Gasteiger partial charge in [-0.05, 0) is 36.1 Å². The van der Waals surface area contributed by atoms with Crippen LogP contribution in [0.15, 0.2) is 47.5 Å². The minimum Gasteiger partial charge on any atom is -0.298 e. The predicted molar refractivity (Wildman–Crippen MR) is 95.5 cm³/mol. The van der Waals surface area contributed by atoms with Crippen molar-refractivity contribution in [2.45, 2.75) is 20.3 Å². The molecule has 0 aliphatic carbocycles. The number of hydrogen-bond donors (Lipinski definition) is 0. The fourth-order valence-electron chi connectivity index (χ4n) is 3.07. The van der Waals surface area contributed by atoms with Crippen molar-refractivity contribution in [3.63, 3.8) is 0 Å². The maximum atomic E-state index is 12.7. The van der Waals surface area contributed by atoms with E-state index in [1.807, 2.05) is 38.1 Å². The van der Waals surface area contributed by atoms with Gasteiger partial charge in [0.15, 0.2) is 5.78 Å². The van der Waals surface area contributed by atoms with E-state index in [0.29, 0.717) is 6.54 Å². The highest BCUT2D eigenvalue weighted by molar-refractivity contribution is 7.09. The fraction of sp³-hybridized carbons (Fsp3) is 0.368. The first-order chi connectivity index (χ1) is 11.0. The van der Waals surface area contributed by atoms with E-state index in [4.69, 9.17) is 0 Å². The summed E-state index contributed by atoms with van der Waals surface area (Å²) < 4.78 is 0. The molecule has 0 unspecified atom stereocenters. The topological polar surface area (TPSA) is 33.2 Å². The number of nitrogens with zero attached hydrogens (tertiary/aromatic N) is 2. The third kappa shape index (κ3) is 3.95. The minimum absolute atomic E-state index is 0.246. The number of hydrogen-bond acceptors (Lipinski definition) is 4. The minimum atomic E-state index is -0.339. The highest BCUT2D eigenvalue weighted by Gasteiger charge is 2.37. The lowest BCUT2D eigenvalue weighted by Crippen LogP contribution is -2.48. The molecule has 1 fully saturated rings. The van der Waals surface area contributed by atoms with Crippen LogP contribution in [0.3, 0.4) is 0 Å². The van der Waals surface area contributed by atoms with Crippen LogP contribution in [0, 0.1) is 5.41 Å². The van der Waals surface area contributed by atoms with Gasteiger partial charge >= 0.3 is 0 Å². The summed E-state index contributed by atoms with van der Waals surface area (Å²) >= 11 is 1.80. The van der Waals surface area contributed by atoms with Gasteiger partial charge in [-0.3, -0.25) is 14.7 Å². The molecular formula is C19H22N2OS. The van der Waals surface area contributed by atoms with Crippen LogP contribution in [0.25, 0.3) is 6.08 Å². The zero-order valence-electron chi connectivity index (χ0n) is 13.7. The van der Waals surface area contributed by atoms with Crippen LogP contribution in [0.5, 0.6) is 0 Å². The summed E-state index contributed by atoms with van der Waals surface area (Å²) in [6.45, 7) is 6.59. The molecule has 0 saturated carbocycles. The van der Waals surface area contributed by atoms with E-state index >= 15 is 0 Å². The van der Waals surface area contributed by atoms with Gasteiger partial charge in [0.2, 0.25) is 0 Å². The van der Waals surface area contributed by atoms with Crippen LogP contribution in [0.4, 0.5) is 0 Å². The molecule has 23 heavy (non-hydrogen) atoms. The molecule has 0 atom stereocenters. The van der Waals surface area contributed by atoms with E-state index in [1.54, 1.807) is 17.5 Å². The van der Waals surface area contributed by atoms with Gasteiger partial charge in [-0.2, -0.15) is 0 Å². The van der Waals surface area contributed by atoms with Gasteiger partial charge < -0.3 is 0 Å². The molecule has 0 amide bonds. The number of piperidine rings is 1. The van der Waals surface area contributed by atoms with Gasteiger partial charge in [-0.15, -0.1) is 11.3 Å². The van der Waals surface area contributed by atoms with E-state index < -0.39 is 0 Å². The molecular weight excluding hydrogens is 304 g/mol. The quantitative estimate of drug-likeness (QED) is 0.804. The Morgan fingerprint density at radius 2 is 2.17 bits per heavy atom. The van der Waals surface area contributed by atoms with E-state index in [9.17, 15) is 4.79 Å². The summed E-state index contributed by atoms with van der Waals surface area (Å²) in [5, 5.41) is 2.12. The molecule has 0 aromatic carbocycles. The van der Waals surface area contributed by atoms with Gasteiger partial charge in [0.1, 0.15) is 0 Å². The van der Waals surface area contributed by atoms with Crippen LogP contribution < -0.4 is 0 Å². The predicted octanol–water partition coefficient (Wildman–Crippen LogP) is 3.68. The van der Waals surface area contributed by atoms with E-state index in [0.717, 1.165) is 30.8 Å². The lowest BCUT2D eigenvalue weighted by molar-refractivity contribution is -0.126. The molecule has 3 heterocycles. The average Bonchev–Trinajstić information content (AvgIpc) is 3.04. The second-order valence-corrected chi connectivity index (χ2v) is 7.71. The second-order valence-electron chi connectivity index (χ2n) is 6.68. The number of aromatic nitrogens is 1. The number of likely N-dealkylation sites (tertiary alicyclic amines) is 1. The summed E-state index contributed by atoms with van der Waals surface area (Å²) in [5.41, 5.74) is 1.38. The van der Waals surface area contributed by atoms with E-state index in [-0.39, 0.29) is 11.2 Å². The van der Waals surface area contributed by atoms with Gasteiger partial charge in [0.05, 0.1) is 5.69 Å². The van der Waals surface area contributed by atoms with E-state index in [2.05, 4.69) is 27.4 Å². The molecule has 1 aliphatic heterocycles. The Morgan fingerprint density at radius 3 is 2.87 bits per heavy atom. The summed E-state index contributed by atoms with van der Waals surface area (Å²) in [6, 6.07) is 10.1. The summed E-state index contributed by atoms with van der Waals surface area (Å²) in [7, 11) is 0. The van der Waals surface area contributed by atoms with Crippen molar-refractivity contribution in [2.75, 3.05) is 19.6 Å². The molecule has 0 spiro atoms. The molecule has 0 bridgehead atoms. The van der Waals surface area contributed by atoms with Crippen molar-refractivity contribution in [3.05, 3.63) is 58.1 Å². The standard InChI is InChI=1S/C19H22N2OS/c1-19(2)14-21(10-8-17-7-5-11-23-17)13-15(18(19)22)12-16-6-3-4-9-20-16/h3-7,9,11-12H,8,10,13-14H2,1-2H3/b15-12+. The number of ketones is 1. The van der Waals surface area contributed by atoms with Crippen molar-refractivity contribution >= 4 is 23.2 Å². The fourth-order valence-corrected chi connectivity index (χ4v) is 3.76.